The molecule has 0 saturated heterocycles. The van der Waals surface area contributed by atoms with Crippen molar-refractivity contribution in [3.05, 3.63) is 71.3 Å². The Balaban J connectivity index is 1.40. The van der Waals surface area contributed by atoms with Crippen LogP contribution in [-0.4, -0.2) is 25.0 Å². The van der Waals surface area contributed by atoms with E-state index in [-0.39, 0.29) is 18.4 Å². The molecule has 29 heavy (non-hydrogen) atoms. The van der Waals surface area contributed by atoms with E-state index in [1.807, 2.05) is 25.1 Å². The van der Waals surface area contributed by atoms with E-state index >= 15 is 0 Å². The summed E-state index contributed by atoms with van der Waals surface area (Å²) in [6.07, 6.45) is 8.06. The van der Waals surface area contributed by atoms with Crippen molar-refractivity contribution in [2.24, 2.45) is 0 Å². The van der Waals surface area contributed by atoms with Gasteiger partial charge in [-0.3, -0.25) is 9.59 Å². The lowest BCUT2D eigenvalue weighted by atomic mass is 9.97. The summed E-state index contributed by atoms with van der Waals surface area (Å²) < 4.78 is 5.53. The Morgan fingerprint density at radius 3 is 2.62 bits per heavy atom. The number of allylic oxidation sites excluding steroid dienone is 1. The van der Waals surface area contributed by atoms with Gasteiger partial charge >= 0.3 is 0 Å². The quantitative estimate of drug-likeness (QED) is 0.644. The molecule has 1 aliphatic rings. The van der Waals surface area contributed by atoms with Gasteiger partial charge in [0.15, 0.2) is 6.61 Å². The number of amides is 2. The average molecular weight is 392 g/mol. The summed E-state index contributed by atoms with van der Waals surface area (Å²) in [6, 6.07) is 14.4. The molecule has 0 bridgehead atoms. The SMILES string of the molecule is Cc1cccc(C(=O)Nc2ccc(OCC(=O)NCCC3=CCCCC3)cc2)c1. The Bertz CT molecular complexity index is 872. The largest absolute Gasteiger partial charge is 0.484 e. The number of nitrogens with one attached hydrogen (secondary N) is 2. The molecule has 0 spiro atoms. The van der Waals surface area contributed by atoms with Crippen molar-refractivity contribution in [2.75, 3.05) is 18.5 Å². The van der Waals surface area contributed by atoms with E-state index in [1.165, 1.54) is 18.4 Å². The molecule has 2 amide bonds. The molecule has 2 N–H and O–H groups in total. The van der Waals surface area contributed by atoms with Crippen molar-refractivity contribution in [2.45, 2.75) is 39.0 Å². The number of benzene rings is 2. The van der Waals surface area contributed by atoms with Crippen LogP contribution in [0.5, 0.6) is 5.75 Å². The summed E-state index contributed by atoms with van der Waals surface area (Å²) in [7, 11) is 0. The molecule has 5 nitrogen and oxygen atoms in total. The van der Waals surface area contributed by atoms with Gasteiger partial charge in [0.2, 0.25) is 0 Å². The second kappa shape index (κ2) is 10.5. The fraction of sp³-hybridized carbons (Fsp3) is 0.333. The number of hydrogen-bond acceptors (Lipinski definition) is 3. The van der Waals surface area contributed by atoms with E-state index in [0.29, 0.717) is 23.5 Å². The Kier molecular flexibility index (Phi) is 7.45. The molecule has 0 radical (unpaired) electrons. The van der Waals surface area contributed by atoms with E-state index < -0.39 is 0 Å². The number of carbonyl (C=O) groups is 2. The van der Waals surface area contributed by atoms with Crippen molar-refractivity contribution in [1.29, 1.82) is 0 Å². The highest BCUT2D eigenvalue weighted by atomic mass is 16.5. The smallest absolute Gasteiger partial charge is 0.257 e. The monoisotopic (exact) mass is 392 g/mol. The van der Waals surface area contributed by atoms with E-state index in [2.05, 4.69) is 16.7 Å². The molecule has 0 aliphatic heterocycles. The van der Waals surface area contributed by atoms with Crippen molar-refractivity contribution in [3.8, 4) is 5.75 Å². The molecule has 0 heterocycles. The highest BCUT2D eigenvalue weighted by Gasteiger charge is 2.08. The molecule has 5 heteroatoms. The number of hydrogen-bond donors (Lipinski definition) is 2. The zero-order chi connectivity index (χ0) is 20.5. The topological polar surface area (TPSA) is 67.4 Å². The fourth-order valence-corrected chi connectivity index (χ4v) is 3.32. The summed E-state index contributed by atoms with van der Waals surface area (Å²) in [6.45, 7) is 2.58. The van der Waals surface area contributed by atoms with Crippen molar-refractivity contribution >= 4 is 17.5 Å². The third-order valence-electron chi connectivity index (χ3n) is 4.92. The standard InChI is InChI=1S/C24H28N2O3/c1-18-6-5-9-20(16-18)24(28)26-21-10-12-22(13-11-21)29-17-23(27)25-15-14-19-7-3-2-4-8-19/h5-7,9-13,16H,2-4,8,14-15,17H2,1H3,(H,25,27)(H,26,28). The number of rotatable bonds is 8. The first kappa shape index (κ1) is 20.6. The first-order valence-electron chi connectivity index (χ1n) is 10.2. The second-order valence-corrected chi connectivity index (χ2v) is 7.34. The van der Waals surface area contributed by atoms with Gasteiger partial charge in [0, 0.05) is 17.8 Å². The van der Waals surface area contributed by atoms with Crippen molar-refractivity contribution in [1.82, 2.24) is 5.32 Å². The Morgan fingerprint density at radius 1 is 1.07 bits per heavy atom. The van der Waals surface area contributed by atoms with Gasteiger partial charge in [-0.15, -0.1) is 0 Å². The maximum absolute atomic E-state index is 12.3. The molecule has 0 aromatic heterocycles. The molecule has 2 aromatic rings. The van der Waals surface area contributed by atoms with Crippen LogP contribution in [0.4, 0.5) is 5.69 Å². The molecule has 0 fully saturated rings. The van der Waals surface area contributed by atoms with Gasteiger partial charge in [-0.1, -0.05) is 29.3 Å². The summed E-state index contributed by atoms with van der Waals surface area (Å²) >= 11 is 0. The third-order valence-corrected chi connectivity index (χ3v) is 4.92. The van der Waals surface area contributed by atoms with E-state index in [9.17, 15) is 9.59 Å². The summed E-state index contributed by atoms with van der Waals surface area (Å²) in [4.78, 5) is 24.2. The number of anilines is 1. The van der Waals surface area contributed by atoms with Gasteiger partial charge in [0.1, 0.15) is 5.75 Å². The molecule has 152 valence electrons. The Hall–Kier alpha value is -3.08. The van der Waals surface area contributed by atoms with Crippen LogP contribution in [-0.2, 0) is 4.79 Å². The highest BCUT2D eigenvalue weighted by molar-refractivity contribution is 6.04. The molecule has 3 rings (SSSR count). The zero-order valence-electron chi connectivity index (χ0n) is 16.9. The molecule has 0 saturated carbocycles. The van der Waals surface area contributed by atoms with Gasteiger partial charge in [0.25, 0.3) is 11.8 Å². The average Bonchev–Trinajstić information content (AvgIpc) is 2.74. The zero-order valence-corrected chi connectivity index (χ0v) is 16.9. The van der Waals surface area contributed by atoms with Crippen LogP contribution in [0.15, 0.2) is 60.2 Å². The summed E-state index contributed by atoms with van der Waals surface area (Å²) in [5, 5.41) is 5.76. The maximum Gasteiger partial charge on any atom is 0.257 e. The Labute approximate surface area is 172 Å². The van der Waals surface area contributed by atoms with Gasteiger partial charge < -0.3 is 15.4 Å². The number of aryl methyl sites for hydroxylation is 1. The second-order valence-electron chi connectivity index (χ2n) is 7.34. The maximum atomic E-state index is 12.3. The minimum absolute atomic E-state index is 0.0198. The third kappa shape index (κ3) is 6.79. The molecule has 0 unspecified atom stereocenters. The van der Waals surface area contributed by atoms with Crippen molar-refractivity contribution < 1.29 is 14.3 Å². The predicted molar refractivity (Wildman–Crippen MR) is 115 cm³/mol. The first-order valence-corrected chi connectivity index (χ1v) is 10.2. The lowest BCUT2D eigenvalue weighted by molar-refractivity contribution is -0.123. The van der Waals surface area contributed by atoms with Crippen LogP contribution in [0.3, 0.4) is 0 Å². The highest BCUT2D eigenvalue weighted by Crippen LogP contribution is 2.19. The van der Waals surface area contributed by atoms with Crippen LogP contribution in [0, 0.1) is 6.92 Å². The van der Waals surface area contributed by atoms with Crippen LogP contribution in [0.2, 0.25) is 0 Å². The van der Waals surface area contributed by atoms with Gasteiger partial charge in [-0.25, -0.2) is 0 Å². The Morgan fingerprint density at radius 2 is 1.90 bits per heavy atom. The fourth-order valence-electron chi connectivity index (χ4n) is 3.32. The number of carbonyl (C=O) groups excluding carboxylic acids is 2. The van der Waals surface area contributed by atoms with E-state index in [4.69, 9.17) is 4.74 Å². The van der Waals surface area contributed by atoms with Crippen LogP contribution >= 0.6 is 0 Å². The minimum Gasteiger partial charge on any atom is -0.484 e. The number of ether oxygens (including phenoxy) is 1. The molecule has 2 aromatic carbocycles. The minimum atomic E-state index is -0.158. The van der Waals surface area contributed by atoms with E-state index in [1.54, 1.807) is 30.3 Å². The lowest BCUT2D eigenvalue weighted by Gasteiger charge is -2.13. The molecular formula is C24H28N2O3. The van der Waals surface area contributed by atoms with Gasteiger partial charge in [-0.05, 0) is 75.4 Å². The molecule has 0 atom stereocenters. The molecule has 1 aliphatic carbocycles. The normalized spacial score (nSPS) is 13.3. The lowest BCUT2D eigenvalue weighted by Crippen LogP contribution is -2.30. The van der Waals surface area contributed by atoms with E-state index in [0.717, 1.165) is 24.8 Å². The summed E-state index contributed by atoms with van der Waals surface area (Å²) in [5.74, 6) is 0.303. The van der Waals surface area contributed by atoms with Crippen molar-refractivity contribution in [3.63, 3.8) is 0 Å². The summed E-state index contributed by atoms with van der Waals surface area (Å²) in [5.41, 5.74) is 3.77. The van der Waals surface area contributed by atoms with Gasteiger partial charge in [-0.2, -0.15) is 0 Å². The van der Waals surface area contributed by atoms with Crippen LogP contribution in [0.1, 0.15) is 48.0 Å². The predicted octanol–water partition coefficient (Wildman–Crippen LogP) is 4.63. The first-order chi connectivity index (χ1) is 14.1. The molecular weight excluding hydrogens is 364 g/mol. The van der Waals surface area contributed by atoms with Crippen LogP contribution < -0.4 is 15.4 Å². The van der Waals surface area contributed by atoms with Gasteiger partial charge in [0.05, 0.1) is 0 Å². The van der Waals surface area contributed by atoms with Crippen LogP contribution in [0.25, 0.3) is 0 Å².